The number of hydrogen-bond acceptors (Lipinski definition) is 1. The van der Waals surface area contributed by atoms with E-state index < -0.39 is 35.2 Å². The third-order valence-electron chi connectivity index (χ3n) is 9.24. The van der Waals surface area contributed by atoms with Crippen LogP contribution in [-0.4, -0.2) is 9.13 Å². The molecule has 8 rings (SSSR count). The molecule has 8 aromatic rings. The summed E-state index contributed by atoms with van der Waals surface area (Å²) >= 11 is 0. The zero-order chi connectivity index (χ0) is 36.7. The maximum atomic E-state index is 14.2. The molecular formula is C40H20F9N3. The minimum atomic E-state index is -4.77. The molecule has 0 unspecified atom stereocenters. The molecule has 0 aliphatic rings. The molecule has 52 heavy (non-hydrogen) atoms. The maximum absolute atomic E-state index is 14.2. The summed E-state index contributed by atoms with van der Waals surface area (Å²) in [5.41, 5.74) is -2.18. The molecule has 0 N–H and O–H groups in total. The first-order valence-corrected chi connectivity index (χ1v) is 15.6. The van der Waals surface area contributed by atoms with Crippen molar-refractivity contribution in [3.05, 3.63) is 144 Å². The van der Waals surface area contributed by atoms with E-state index in [1.165, 1.54) is 45.5 Å². The van der Waals surface area contributed by atoms with Crippen molar-refractivity contribution in [2.75, 3.05) is 0 Å². The number of benzene rings is 6. The topological polar surface area (TPSA) is 33.6 Å². The summed E-state index contributed by atoms with van der Waals surface area (Å²) in [4.78, 5) is 0. The van der Waals surface area contributed by atoms with Crippen LogP contribution in [0, 0.1) is 11.3 Å². The molecule has 0 aliphatic heterocycles. The predicted molar refractivity (Wildman–Crippen MR) is 180 cm³/mol. The molecule has 2 heterocycles. The normalized spacial score (nSPS) is 12.7. The quantitative estimate of drug-likeness (QED) is 0.168. The molecule has 0 spiro atoms. The van der Waals surface area contributed by atoms with E-state index in [0.717, 1.165) is 36.4 Å². The fourth-order valence-corrected chi connectivity index (χ4v) is 7.00. The first-order chi connectivity index (χ1) is 24.7. The van der Waals surface area contributed by atoms with Crippen LogP contribution in [0.4, 0.5) is 39.5 Å². The fraction of sp³-hybridized carbons (Fsp3) is 0.0750. The van der Waals surface area contributed by atoms with Crippen LogP contribution in [0.15, 0.2) is 121 Å². The molecule has 0 saturated carbocycles. The number of halogens is 9. The van der Waals surface area contributed by atoms with Gasteiger partial charge < -0.3 is 9.13 Å². The van der Waals surface area contributed by atoms with Crippen molar-refractivity contribution in [1.82, 2.24) is 9.13 Å². The molecule has 0 fully saturated rings. The lowest BCUT2D eigenvalue weighted by Gasteiger charge is -2.21. The van der Waals surface area contributed by atoms with E-state index in [2.05, 4.69) is 6.07 Å². The Kier molecular flexibility index (Phi) is 7.22. The second-order valence-corrected chi connectivity index (χ2v) is 12.2. The highest BCUT2D eigenvalue weighted by molar-refractivity contribution is 6.12. The van der Waals surface area contributed by atoms with E-state index >= 15 is 0 Å². The zero-order valence-electron chi connectivity index (χ0n) is 26.3. The van der Waals surface area contributed by atoms with Crippen LogP contribution in [0.3, 0.4) is 0 Å². The molecule has 6 aromatic carbocycles. The van der Waals surface area contributed by atoms with Gasteiger partial charge >= 0.3 is 18.5 Å². The summed E-state index contributed by atoms with van der Waals surface area (Å²) < 4.78 is 129. The van der Waals surface area contributed by atoms with Crippen molar-refractivity contribution < 1.29 is 39.5 Å². The number of hydrogen-bond donors (Lipinski definition) is 0. The highest BCUT2D eigenvalue weighted by atomic mass is 19.4. The van der Waals surface area contributed by atoms with Gasteiger partial charge in [0.25, 0.3) is 0 Å². The lowest BCUT2D eigenvalue weighted by atomic mass is 9.96. The Hall–Kier alpha value is -6.22. The van der Waals surface area contributed by atoms with Gasteiger partial charge in [-0.2, -0.15) is 44.8 Å². The summed E-state index contributed by atoms with van der Waals surface area (Å²) in [6, 6.07) is 29.0. The van der Waals surface area contributed by atoms with E-state index in [1.54, 1.807) is 48.5 Å². The van der Waals surface area contributed by atoms with E-state index in [-0.39, 0.29) is 39.1 Å². The summed E-state index contributed by atoms with van der Waals surface area (Å²) in [6.07, 6.45) is -14.2. The monoisotopic (exact) mass is 713 g/mol. The minimum Gasteiger partial charge on any atom is -0.308 e. The first-order valence-electron chi connectivity index (χ1n) is 15.6. The molecule has 0 saturated heterocycles. The van der Waals surface area contributed by atoms with Crippen molar-refractivity contribution in [3.63, 3.8) is 0 Å². The predicted octanol–water partition coefficient (Wildman–Crippen LogP) is 12.5. The molecule has 0 bridgehead atoms. The summed E-state index contributed by atoms with van der Waals surface area (Å²) in [5.74, 6) is 0. The largest absolute Gasteiger partial charge is 0.416 e. The zero-order valence-corrected chi connectivity index (χ0v) is 26.3. The molecule has 12 heteroatoms. The number of rotatable bonds is 3. The van der Waals surface area contributed by atoms with Gasteiger partial charge in [0.15, 0.2) is 0 Å². The average Bonchev–Trinajstić information content (AvgIpc) is 3.62. The molecule has 3 nitrogen and oxygen atoms in total. The lowest BCUT2D eigenvalue weighted by molar-refractivity contribution is -0.138. The molecule has 0 amide bonds. The van der Waals surface area contributed by atoms with Gasteiger partial charge in [-0.1, -0.05) is 66.7 Å². The molecule has 0 atom stereocenters. The third kappa shape index (κ3) is 5.15. The van der Waals surface area contributed by atoms with Crippen molar-refractivity contribution in [1.29, 1.82) is 5.26 Å². The Morgan fingerprint density at radius 2 is 0.923 bits per heavy atom. The number of fused-ring (bicyclic) bond motifs is 6. The van der Waals surface area contributed by atoms with Crippen molar-refractivity contribution in [2.45, 2.75) is 18.5 Å². The van der Waals surface area contributed by atoms with Gasteiger partial charge in [-0.05, 0) is 60.2 Å². The average molecular weight is 714 g/mol. The van der Waals surface area contributed by atoms with Crippen LogP contribution in [0.25, 0.3) is 66.1 Å². The van der Waals surface area contributed by atoms with Crippen molar-refractivity contribution in [3.8, 4) is 28.6 Å². The van der Waals surface area contributed by atoms with Crippen molar-refractivity contribution in [2.24, 2.45) is 0 Å². The number of para-hydroxylation sites is 2. The van der Waals surface area contributed by atoms with Gasteiger partial charge in [0, 0.05) is 27.1 Å². The molecule has 0 aliphatic carbocycles. The van der Waals surface area contributed by atoms with Gasteiger partial charge in [0.05, 0.1) is 50.1 Å². The summed E-state index contributed by atoms with van der Waals surface area (Å²) in [7, 11) is 0. The SMILES string of the molecule is N#Cc1c(-n2c3ccccc3c3ccc(C(F)(F)F)cc32)ccc(-c2cccc(C(F)(F)F)c2)c1-n1c2ccccc2c2ccc(C(F)(F)F)cc21. The Morgan fingerprint density at radius 3 is 1.46 bits per heavy atom. The van der Waals surface area contributed by atoms with Crippen LogP contribution in [-0.2, 0) is 18.5 Å². The molecule has 0 radical (unpaired) electrons. The van der Waals surface area contributed by atoms with Gasteiger partial charge in [0.1, 0.15) is 11.6 Å². The third-order valence-corrected chi connectivity index (χ3v) is 9.24. The number of aromatic nitrogens is 2. The Balaban J connectivity index is 1.57. The first kappa shape index (κ1) is 33.0. The smallest absolute Gasteiger partial charge is 0.308 e. The van der Waals surface area contributed by atoms with Crippen LogP contribution in [0.5, 0.6) is 0 Å². The van der Waals surface area contributed by atoms with Crippen LogP contribution in [0.2, 0.25) is 0 Å². The van der Waals surface area contributed by atoms with E-state index in [9.17, 15) is 44.8 Å². The standard InChI is InChI=1S/C40H20F9N3/c41-38(42,43)23-7-5-6-22(18-23)26-16-17-34(51-32-10-3-1-8-27(32)29-14-12-24(19-35(29)51)39(44,45)46)31(21-50)37(26)52-33-11-4-2-9-28(33)30-15-13-25(20-36(30)52)40(47,48)49/h1-20H. The summed E-state index contributed by atoms with van der Waals surface area (Å²) in [5, 5.41) is 12.9. The number of nitriles is 1. The summed E-state index contributed by atoms with van der Waals surface area (Å²) in [6.45, 7) is 0. The van der Waals surface area contributed by atoms with Crippen LogP contribution >= 0.6 is 0 Å². The van der Waals surface area contributed by atoms with Gasteiger partial charge in [0.2, 0.25) is 0 Å². The van der Waals surface area contributed by atoms with Crippen LogP contribution in [0.1, 0.15) is 22.3 Å². The molecular weight excluding hydrogens is 693 g/mol. The minimum absolute atomic E-state index is 0.00682. The van der Waals surface area contributed by atoms with Crippen LogP contribution < -0.4 is 0 Å². The van der Waals surface area contributed by atoms with E-state index in [0.29, 0.717) is 32.6 Å². The number of nitrogens with zero attached hydrogens (tertiary/aromatic N) is 3. The highest BCUT2D eigenvalue weighted by Crippen LogP contribution is 2.44. The number of alkyl halides is 9. The van der Waals surface area contributed by atoms with Gasteiger partial charge in [-0.3, -0.25) is 0 Å². The maximum Gasteiger partial charge on any atom is 0.416 e. The van der Waals surface area contributed by atoms with Crippen molar-refractivity contribution >= 4 is 43.6 Å². The lowest BCUT2D eigenvalue weighted by Crippen LogP contribution is -2.09. The second kappa shape index (κ2) is 11.4. The Morgan fingerprint density at radius 1 is 0.442 bits per heavy atom. The van der Waals surface area contributed by atoms with E-state index in [1.807, 2.05) is 0 Å². The Labute approximate surface area is 288 Å². The van der Waals surface area contributed by atoms with Gasteiger partial charge in [-0.15, -0.1) is 0 Å². The fourth-order valence-electron chi connectivity index (χ4n) is 7.00. The second-order valence-electron chi connectivity index (χ2n) is 12.2. The Bertz CT molecular complexity index is 2770. The highest BCUT2D eigenvalue weighted by Gasteiger charge is 2.34. The molecule has 2 aromatic heterocycles. The van der Waals surface area contributed by atoms with Gasteiger partial charge in [-0.25, -0.2) is 0 Å². The van der Waals surface area contributed by atoms with E-state index in [4.69, 9.17) is 0 Å². The molecule has 258 valence electrons.